The van der Waals surface area contributed by atoms with Crippen molar-refractivity contribution < 1.29 is 14.6 Å². The lowest BCUT2D eigenvalue weighted by Gasteiger charge is -2.22. The highest BCUT2D eigenvalue weighted by Crippen LogP contribution is 2.38. The molecular weight excluding hydrogens is 256 g/mol. The Morgan fingerprint density at radius 3 is 2.60 bits per heavy atom. The fraction of sp³-hybridized carbons (Fsp3) is 0.600. The largest absolute Gasteiger partial charge is 0.486 e. The summed E-state index contributed by atoms with van der Waals surface area (Å²) in [5.41, 5.74) is 7.61. The van der Waals surface area contributed by atoms with Crippen molar-refractivity contribution in [1.82, 2.24) is 0 Å². The van der Waals surface area contributed by atoms with Gasteiger partial charge in [0, 0.05) is 25.3 Å². The lowest BCUT2D eigenvalue weighted by atomic mass is 9.97. The molecule has 5 nitrogen and oxygen atoms in total. The van der Waals surface area contributed by atoms with Gasteiger partial charge in [0.1, 0.15) is 13.2 Å². The van der Waals surface area contributed by atoms with Gasteiger partial charge in [0.2, 0.25) is 0 Å². The third-order valence-electron chi connectivity index (χ3n) is 4.32. The van der Waals surface area contributed by atoms with E-state index in [2.05, 4.69) is 5.32 Å². The summed E-state index contributed by atoms with van der Waals surface area (Å²) in [6.07, 6.45) is 3.50. The molecule has 0 spiro atoms. The Morgan fingerprint density at radius 1 is 1.15 bits per heavy atom. The zero-order valence-corrected chi connectivity index (χ0v) is 11.6. The fourth-order valence-corrected chi connectivity index (χ4v) is 3.12. The van der Waals surface area contributed by atoms with E-state index in [0.29, 0.717) is 36.5 Å². The van der Waals surface area contributed by atoms with Crippen LogP contribution in [0.25, 0.3) is 0 Å². The summed E-state index contributed by atoms with van der Waals surface area (Å²) in [4.78, 5) is 0. The number of fused-ring (bicyclic) bond motifs is 1. The summed E-state index contributed by atoms with van der Waals surface area (Å²) in [5, 5.41) is 12.8. The van der Waals surface area contributed by atoms with Gasteiger partial charge in [-0.2, -0.15) is 0 Å². The lowest BCUT2D eigenvalue weighted by Crippen LogP contribution is -2.21. The Bertz CT molecular complexity index is 478. The normalized spacial score (nSPS) is 24.6. The van der Waals surface area contributed by atoms with Crippen molar-refractivity contribution in [2.24, 2.45) is 11.8 Å². The number of ether oxygens (including phenoxy) is 2. The molecule has 4 N–H and O–H groups in total. The first-order chi connectivity index (χ1) is 9.78. The second-order valence-electron chi connectivity index (χ2n) is 5.60. The average molecular weight is 278 g/mol. The van der Waals surface area contributed by atoms with Crippen LogP contribution in [0, 0.1) is 11.8 Å². The number of anilines is 2. The number of hydrogen-bond donors (Lipinski definition) is 3. The van der Waals surface area contributed by atoms with Crippen molar-refractivity contribution in [3.63, 3.8) is 0 Å². The van der Waals surface area contributed by atoms with Crippen LogP contribution in [-0.4, -0.2) is 31.5 Å². The van der Waals surface area contributed by atoms with Crippen molar-refractivity contribution in [1.29, 1.82) is 0 Å². The van der Waals surface area contributed by atoms with E-state index in [0.717, 1.165) is 24.4 Å². The quantitative estimate of drug-likeness (QED) is 0.733. The molecule has 0 bridgehead atoms. The number of aliphatic hydroxyl groups is 1. The molecule has 1 heterocycles. The highest BCUT2D eigenvalue weighted by atomic mass is 16.6. The van der Waals surface area contributed by atoms with Crippen LogP contribution in [0.3, 0.4) is 0 Å². The van der Waals surface area contributed by atoms with Crippen LogP contribution in [0.2, 0.25) is 0 Å². The van der Waals surface area contributed by atoms with Crippen LogP contribution in [0.1, 0.15) is 19.3 Å². The highest BCUT2D eigenvalue weighted by molar-refractivity contribution is 5.72. The molecule has 2 aliphatic rings. The number of nitrogens with two attached hydrogens (primary N) is 1. The SMILES string of the molecule is Nc1cc2c(cc1NCC1CCCC1CO)OCCO2. The van der Waals surface area contributed by atoms with E-state index in [9.17, 15) is 5.11 Å². The minimum atomic E-state index is 0.281. The number of rotatable bonds is 4. The third kappa shape index (κ3) is 2.63. The minimum Gasteiger partial charge on any atom is -0.486 e. The fourth-order valence-electron chi connectivity index (χ4n) is 3.12. The van der Waals surface area contributed by atoms with Crippen molar-refractivity contribution in [2.75, 3.05) is 37.4 Å². The molecule has 0 radical (unpaired) electrons. The zero-order valence-electron chi connectivity index (χ0n) is 11.6. The van der Waals surface area contributed by atoms with E-state index in [1.165, 1.54) is 12.8 Å². The van der Waals surface area contributed by atoms with Gasteiger partial charge in [0.15, 0.2) is 11.5 Å². The topological polar surface area (TPSA) is 76.7 Å². The van der Waals surface area contributed by atoms with Crippen LogP contribution in [0.5, 0.6) is 11.5 Å². The molecule has 1 aliphatic heterocycles. The van der Waals surface area contributed by atoms with Crippen LogP contribution in [0.15, 0.2) is 12.1 Å². The van der Waals surface area contributed by atoms with Gasteiger partial charge in [-0.25, -0.2) is 0 Å². The molecule has 5 heteroatoms. The molecule has 1 fully saturated rings. The molecule has 1 aliphatic carbocycles. The van der Waals surface area contributed by atoms with E-state index in [1.807, 2.05) is 12.1 Å². The van der Waals surface area contributed by atoms with Crippen molar-refractivity contribution in [2.45, 2.75) is 19.3 Å². The molecule has 110 valence electrons. The molecule has 1 aromatic rings. The number of nitrogens with one attached hydrogen (secondary N) is 1. The van der Waals surface area contributed by atoms with Crippen LogP contribution < -0.4 is 20.5 Å². The third-order valence-corrected chi connectivity index (χ3v) is 4.32. The van der Waals surface area contributed by atoms with Gasteiger partial charge in [-0.15, -0.1) is 0 Å². The van der Waals surface area contributed by atoms with E-state index in [4.69, 9.17) is 15.2 Å². The molecule has 0 amide bonds. The van der Waals surface area contributed by atoms with Crippen molar-refractivity contribution >= 4 is 11.4 Å². The summed E-state index contributed by atoms with van der Waals surface area (Å²) >= 11 is 0. The predicted octanol–water partition coefficient (Wildman–Crippen LogP) is 1.86. The molecule has 3 rings (SSSR count). The van der Waals surface area contributed by atoms with Gasteiger partial charge in [-0.05, 0) is 24.7 Å². The zero-order chi connectivity index (χ0) is 13.9. The maximum atomic E-state index is 9.36. The number of hydrogen-bond acceptors (Lipinski definition) is 5. The molecule has 2 unspecified atom stereocenters. The number of benzene rings is 1. The first-order valence-electron chi connectivity index (χ1n) is 7.32. The van der Waals surface area contributed by atoms with Gasteiger partial charge in [-0.1, -0.05) is 6.42 Å². The van der Waals surface area contributed by atoms with Crippen LogP contribution in [-0.2, 0) is 0 Å². The molecular formula is C15H22N2O3. The average Bonchev–Trinajstić information content (AvgIpc) is 2.92. The second kappa shape index (κ2) is 5.79. The molecule has 2 atom stereocenters. The van der Waals surface area contributed by atoms with Crippen LogP contribution >= 0.6 is 0 Å². The summed E-state index contributed by atoms with van der Waals surface area (Å²) < 4.78 is 11.1. The summed E-state index contributed by atoms with van der Waals surface area (Å²) in [5.74, 6) is 2.40. The molecule has 0 aromatic heterocycles. The molecule has 0 saturated heterocycles. The number of nitrogen functional groups attached to an aromatic ring is 1. The summed E-state index contributed by atoms with van der Waals surface area (Å²) in [6, 6.07) is 3.72. The maximum absolute atomic E-state index is 9.36. The highest BCUT2D eigenvalue weighted by Gasteiger charge is 2.26. The standard InChI is InChI=1S/C15H22N2O3/c16-12-6-14-15(20-5-4-19-14)7-13(12)17-8-10-2-1-3-11(10)9-18/h6-7,10-11,17-18H,1-5,8-9,16H2. The van der Waals surface area contributed by atoms with Gasteiger partial charge in [0.05, 0.1) is 11.4 Å². The smallest absolute Gasteiger partial charge is 0.163 e. The Labute approximate surface area is 119 Å². The Kier molecular flexibility index (Phi) is 3.87. The molecule has 20 heavy (non-hydrogen) atoms. The van der Waals surface area contributed by atoms with Crippen molar-refractivity contribution in [3.8, 4) is 11.5 Å². The first-order valence-corrected chi connectivity index (χ1v) is 7.32. The number of aliphatic hydroxyl groups excluding tert-OH is 1. The summed E-state index contributed by atoms with van der Waals surface area (Å²) in [6.45, 7) is 2.27. The second-order valence-corrected chi connectivity index (χ2v) is 5.60. The molecule has 1 saturated carbocycles. The maximum Gasteiger partial charge on any atom is 0.163 e. The van der Waals surface area contributed by atoms with E-state index >= 15 is 0 Å². The first kappa shape index (κ1) is 13.4. The Balaban J connectivity index is 1.68. The van der Waals surface area contributed by atoms with E-state index < -0.39 is 0 Å². The Hall–Kier alpha value is -1.62. The van der Waals surface area contributed by atoms with Gasteiger partial charge in [0.25, 0.3) is 0 Å². The van der Waals surface area contributed by atoms with Gasteiger partial charge < -0.3 is 25.6 Å². The van der Waals surface area contributed by atoms with Gasteiger partial charge >= 0.3 is 0 Å². The van der Waals surface area contributed by atoms with Crippen molar-refractivity contribution in [3.05, 3.63) is 12.1 Å². The van der Waals surface area contributed by atoms with Gasteiger partial charge in [-0.3, -0.25) is 0 Å². The lowest BCUT2D eigenvalue weighted by molar-refractivity contribution is 0.172. The Morgan fingerprint density at radius 2 is 1.85 bits per heavy atom. The van der Waals surface area contributed by atoms with E-state index in [1.54, 1.807) is 0 Å². The predicted molar refractivity (Wildman–Crippen MR) is 78.3 cm³/mol. The summed E-state index contributed by atoms with van der Waals surface area (Å²) in [7, 11) is 0. The van der Waals surface area contributed by atoms with E-state index in [-0.39, 0.29) is 6.61 Å². The molecule has 1 aromatic carbocycles. The van der Waals surface area contributed by atoms with Crippen LogP contribution in [0.4, 0.5) is 11.4 Å². The monoisotopic (exact) mass is 278 g/mol. The minimum absolute atomic E-state index is 0.281.